The molecule has 1 aromatic carbocycles. The second-order valence-electron chi connectivity index (χ2n) is 8.24. The first-order valence-electron chi connectivity index (χ1n) is 11.3. The van der Waals surface area contributed by atoms with Crippen LogP contribution in [0.25, 0.3) is 11.0 Å². The van der Waals surface area contributed by atoms with Gasteiger partial charge < -0.3 is 19.6 Å². The van der Waals surface area contributed by atoms with Gasteiger partial charge in [0.2, 0.25) is 0 Å². The third kappa shape index (κ3) is 5.10. The Bertz CT molecular complexity index is 1010. The van der Waals surface area contributed by atoms with Crippen LogP contribution in [-0.4, -0.2) is 53.6 Å². The van der Waals surface area contributed by atoms with Crippen molar-refractivity contribution in [3.8, 4) is 0 Å². The van der Waals surface area contributed by atoms with E-state index in [0.29, 0.717) is 0 Å². The molecule has 7 heteroatoms. The molecule has 4 rings (SSSR count). The predicted molar refractivity (Wildman–Crippen MR) is 125 cm³/mol. The van der Waals surface area contributed by atoms with Crippen molar-refractivity contribution in [1.29, 1.82) is 0 Å². The zero-order chi connectivity index (χ0) is 21.6. The van der Waals surface area contributed by atoms with E-state index >= 15 is 0 Å². The number of nitrogens with zero attached hydrogens (tertiary/aromatic N) is 4. The van der Waals surface area contributed by atoms with E-state index in [2.05, 4.69) is 61.3 Å². The SMILES string of the molecule is CN=C(NCCCn1c(C)nc2ccccc21)NCC(c1ccc(C)o1)N1CCCC1. The van der Waals surface area contributed by atoms with E-state index in [0.717, 1.165) is 68.0 Å². The number of furan rings is 1. The lowest BCUT2D eigenvalue weighted by Gasteiger charge is -2.26. The third-order valence-corrected chi connectivity index (χ3v) is 6.05. The van der Waals surface area contributed by atoms with Crippen LogP contribution < -0.4 is 10.6 Å². The highest BCUT2D eigenvalue weighted by Crippen LogP contribution is 2.26. The van der Waals surface area contributed by atoms with E-state index in [4.69, 9.17) is 4.42 Å². The highest BCUT2D eigenvalue weighted by molar-refractivity contribution is 5.79. The smallest absolute Gasteiger partial charge is 0.191 e. The van der Waals surface area contributed by atoms with Crippen LogP contribution >= 0.6 is 0 Å². The Morgan fingerprint density at radius 3 is 2.68 bits per heavy atom. The quantitative estimate of drug-likeness (QED) is 0.329. The van der Waals surface area contributed by atoms with Crippen molar-refractivity contribution in [3.63, 3.8) is 0 Å². The van der Waals surface area contributed by atoms with Gasteiger partial charge in [-0.3, -0.25) is 9.89 Å². The fourth-order valence-corrected chi connectivity index (χ4v) is 4.43. The molecular formula is C24H34N6O. The van der Waals surface area contributed by atoms with Gasteiger partial charge in [0, 0.05) is 26.7 Å². The number of benzene rings is 1. The van der Waals surface area contributed by atoms with Gasteiger partial charge in [-0.1, -0.05) is 12.1 Å². The van der Waals surface area contributed by atoms with Gasteiger partial charge in [-0.15, -0.1) is 0 Å². The summed E-state index contributed by atoms with van der Waals surface area (Å²) in [6.45, 7) is 8.87. The standard InChI is InChI=1S/C24H34N6O/c1-18-11-12-23(31-18)22(29-14-6-7-15-29)17-27-24(25-3)26-13-8-16-30-19(2)28-20-9-4-5-10-21(20)30/h4-5,9-12,22H,6-8,13-17H2,1-3H3,(H2,25,26,27). The zero-order valence-electron chi connectivity index (χ0n) is 18.9. The maximum atomic E-state index is 5.96. The molecule has 0 spiro atoms. The molecule has 0 aliphatic carbocycles. The largest absolute Gasteiger partial charge is 0.465 e. The van der Waals surface area contributed by atoms with E-state index in [1.807, 2.05) is 26.1 Å². The number of aliphatic imine (C=N–C) groups is 1. The average Bonchev–Trinajstić information content (AvgIpc) is 3.51. The van der Waals surface area contributed by atoms with Gasteiger partial charge >= 0.3 is 0 Å². The normalized spacial score (nSPS) is 16.2. The van der Waals surface area contributed by atoms with E-state index < -0.39 is 0 Å². The zero-order valence-corrected chi connectivity index (χ0v) is 18.9. The van der Waals surface area contributed by atoms with Crippen molar-refractivity contribution >= 4 is 17.0 Å². The minimum Gasteiger partial charge on any atom is -0.465 e. The molecule has 0 radical (unpaired) electrons. The molecule has 2 aromatic heterocycles. The number of rotatable bonds is 8. The first kappa shape index (κ1) is 21.4. The summed E-state index contributed by atoms with van der Waals surface area (Å²) in [4.78, 5) is 11.6. The lowest BCUT2D eigenvalue weighted by molar-refractivity contribution is 0.213. The Morgan fingerprint density at radius 1 is 1.13 bits per heavy atom. The second kappa shape index (κ2) is 10.0. The van der Waals surface area contributed by atoms with Crippen LogP contribution in [0, 0.1) is 13.8 Å². The number of guanidine groups is 1. The van der Waals surface area contributed by atoms with Crippen LogP contribution in [0.1, 0.15) is 42.6 Å². The maximum Gasteiger partial charge on any atom is 0.191 e. The van der Waals surface area contributed by atoms with Crippen LogP contribution in [-0.2, 0) is 6.54 Å². The molecule has 1 unspecified atom stereocenters. The van der Waals surface area contributed by atoms with Gasteiger partial charge in [0.05, 0.1) is 17.1 Å². The lowest BCUT2D eigenvalue weighted by Crippen LogP contribution is -2.43. The summed E-state index contributed by atoms with van der Waals surface area (Å²) in [7, 11) is 1.82. The monoisotopic (exact) mass is 422 g/mol. The summed E-state index contributed by atoms with van der Waals surface area (Å²) in [6, 6.07) is 12.7. The van der Waals surface area contributed by atoms with E-state index in [9.17, 15) is 0 Å². The molecule has 1 saturated heterocycles. The van der Waals surface area contributed by atoms with Crippen molar-refractivity contribution in [1.82, 2.24) is 25.1 Å². The first-order valence-corrected chi connectivity index (χ1v) is 11.3. The number of nitrogens with one attached hydrogen (secondary N) is 2. The molecule has 1 aliphatic heterocycles. The summed E-state index contributed by atoms with van der Waals surface area (Å²) >= 11 is 0. The summed E-state index contributed by atoms with van der Waals surface area (Å²) in [6.07, 6.45) is 3.51. The molecule has 1 atom stereocenters. The topological polar surface area (TPSA) is 70.6 Å². The number of likely N-dealkylation sites (tertiary alicyclic amines) is 1. The second-order valence-corrected chi connectivity index (χ2v) is 8.24. The van der Waals surface area contributed by atoms with Gasteiger partial charge in [-0.05, 0) is 70.5 Å². The first-order chi connectivity index (χ1) is 15.2. The van der Waals surface area contributed by atoms with Crippen molar-refractivity contribution in [2.45, 2.75) is 45.7 Å². The Balaban J connectivity index is 1.29. The van der Waals surface area contributed by atoms with Crippen LogP contribution in [0.3, 0.4) is 0 Å². The number of imidazole rings is 1. The molecule has 166 valence electrons. The molecule has 3 heterocycles. The van der Waals surface area contributed by atoms with Crippen LogP contribution in [0.5, 0.6) is 0 Å². The van der Waals surface area contributed by atoms with Gasteiger partial charge in [0.25, 0.3) is 0 Å². The van der Waals surface area contributed by atoms with Crippen molar-refractivity contribution in [2.75, 3.05) is 33.2 Å². The molecule has 1 aliphatic rings. The van der Waals surface area contributed by atoms with Gasteiger partial charge in [0.1, 0.15) is 17.3 Å². The van der Waals surface area contributed by atoms with E-state index in [1.165, 1.54) is 18.4 Å². The summed E-state index contributed by atoms with van der Waals surface area (Å²) in [5, 5.41) is 6.96. The summed E-state index contributed by atoms with van der Waals surface area (Å²) < 4.78 is 8.25. The van der Waals surface area contributed by atoms with Gasteiger partial charge in [-0.25, -0.2) is 4.98 Å². The van der Waals surface area contributed by atoms with Gasteiger partial charge in [-0.2, -0.15) is 0 Å². The van der Waals surface area contributed by atoms with E-state index in [-0.39, 0.29) is 6.04 Å². The van der Waals surface area contributed by atoms with Crippen molar-refractivity contribution in [3.05, 3.63) is 53.7 Å². The number of aromatic nitrogens is 2. The number of fused-ring (bicyclic) bond motifs is 1. The molecule has 2 N–H and O–H groups in total. The molecule has 0 saturated carbocycles. The molecular weight excluding hydrogens is 388 g/mol. The highest BCUT2D eigenvalue weighted by Gasteiger charge is 2.26. The predicted octanol–water partition coefficient (Wildman–Crippen LogP) is 3.64. The third-order valence-electron chi connectivity index (χ3n) is 6.05. The van der Waals surface area contributed by atoms with Crippen LogP contribution in [0.4, 0.5) is 0 Å². The molecule has 0 bridgehead atoms. The fraction of sp³-hybridized carbons (Fsp3) is 0.500. The molecule has 7 nitrogen and oxygen atoms in total. The Labute approximate surface area is 184 Å². The number of para-hydroxylation sites is 2. The van der Waals surface area contributed by atoms with Crippen molar-refractivity contribution < 1.29 is 4.42 Å². The molecule has 1 fully saturated rings. The Morgan fingerprint density at radius 2 is 1.94 bits per heavy atom. The number of hydrogen-bond acceptors (Lipinski definition) is 4. The molecule has 0 amide bonds. The lowest BCUT2D eigenvalue weighted by atomic mass is 10.2. The minimum absolute atomic E-state index is 0.231. The van der Waals surface area contributed by atoms with Crippen LogP contribution in [0.15, 0.2) is 45.8 Å². The molecule has 31 heavy (non-hydrogen) atoms. The van der Waals surface area contributed by atoms with Crippen molar-refractivity contribution in [2.24, 2.45) is 4.99 Å². The van der Waals surface area contributed by atoms with Gasteiger partial charge in [0.15, 0.2) is 5.96 Å². The highest BCUT2D eigenvalue weighted by atomic mass is 16.3. The fourth-order valence-electron chi connectivity index (χ4n) is 4.43. The summed E-state index contributed by atoms with van der Waals surface area (Å²) in [5.41, 5.74) is 2.26. The maximum absolute atomic E-state index is 5.96. The minimum atomic E-state index is 0.231. The van der Waals surface area contributed by atoms with E-state index in [1.54, 1.807) is 0 Å². The van der Waals surface area contributed by atoms with Crippen LogP contribution in [0.2, 0.25) is 0 Å². The molecule has 3 aromatic rings. The summed E-state index contributed by atoms with van der Waals surface area (Å²) in [5.74, 6) is 3.89. The number of aryl methyl sites for hydroxylation is 3. The Kier molecular flexibility index (Phi) is 6.92. The average molecular weight is 423 g/mol. The Hall–Kier alpha value is -2.80. The number of hydrogen-bond donors (Lipinski definition) is 2.